The summed E-state index contributed by atoms with van der Waals surface area (Å²) in [4.78, 5) is 31.1. The van der Waals surface area contributed by atoms with Crippen LogP contribution in [0.25, 0.3) is 11.0 Å². The Balaban J connectivity index is 1.36. The van der Waals surface area contributed by atoms with Crippen LogP contribution in [0.5, 0.6) is 0 Å². The van der Waals surface area contributed by atoms with Gasteiger partial charge >= 0.3 is 0 Å². The zero-order valence-corrected chi connectivity index (χ0v) is 19.0. The summed E-state index contributed by atoms with van der Waals surface area (Å²) in [5.41, 5.74) is 3.77. The number of carbonyl (C=O) groups is 1. The minimum atomic E-state index is -0.0681. The smallest absolute Gasteiger partial charge is 0.237 e. The van der Waals surface area contributed by atoms with Gasteiger partial charge in [0.2, 0.25) is 5.91 Å². The van der Waals surface area contributed by atoms with E-state index in [1.807, 2.05) is 30.3 Å². The number of hydrogen-bond donors (Lipinski definition) is 0. The zero-order valence-electron chi connectivity index (χ0n) is 19.0. The summed E-state index contributed by atoms with van der Waals surface area (Å²) in [6.45, 7) is 2.83. The van der Waals surface area contributed by atoms with E-state index < -0.39 is 0 Å². The molecule has 1 aliphatic heterocycles. The number of aromatic nitrogens is 3. The lowest BCUT2D eigenvalue weighted by atomic mass is 9.94. The Labute approximate surface area is 194 Å². The van der Waals surface area contributed by atoms with Crippen molar-refractivity contribution in [2.75, 3.05) is 19.6 Å². The number of amides is 1. The SMILES string of the molecule is O=C1CN(Cc2cccc3nccnc23)CC(OCc2ccccn2)CN1C1CCCCC1. The van der Waals surface area contributed by atoms with Crippen molar-refractivity contribution in [2.45, 2.75) is 57.4 Å². The molecule has 1 atom stereocenters. The maximum absolute atomic E-state index is 13.4. The number of rotatable bonds is 6. The third kappa shape index (κ3) is 5.37. The van der Waals surface area contributed by atoms with E-state index in [1.165, 1.54) is 19.3 Å². The van der Waals surface area contributed by atoms with E-state index >= 15 is 0 Å². The Morgan fingerprint density at radius 2 is 1.79 bits per heavy atom. The van der Waals surface area contributed by atoms with Crippen LogP contribution < -0.4 is 0 Å². The maximum Gasteiger partial charge on any atom is 0.237 e. The summed E-state index contributed by atoms with van der Waals surface area (Å²) in [5.74, 6) is 0.206. The molecule has 2 aromatic heterocycles. The first-order valence-electron chi connectivity index (χ1n) is 12.0. The Hall–Kier alpha value is -2.90. The Bertz CT molecular complexity index is 1070. The molecule has 1 unspecified atom stereocenters. The molecule has 0 N–H and O–H groups in total. The molecule has 0 radical (unpaired) electrons. The van der Waals surface area contributed by atoms with E-state index in [4.69, 9.17) is 4.74 Å². The van der Waals surface area contributed by atoms with E-state index in [0.29, 0.717) is 38.8 Å². The van der Waals surface area contributed by atoms with Gasteiger partial charge in [0.05, 0.1) is 36.0 Å². The molecule has 1 amide bonds. The van der Waals surface area contributed by atoms with Crippen LogP contribution in [0.1, 0.15) is 43.4 Å². The van der Waals surface area contributed by atoms with Gasteiger partial charge in [-0.2, -0.15) is 0 Å². The fourth-order valence-corrected chi connectivity index (χ4v) is 5.09. The molecule has 2 fully saturated rings. The van der Waals surface area contributed by atoms with Gasteiger partial charge in [0, 0.05) is 44.3 Å². The third-order valence-corrected chi connectivity index (χ3v) is 6.73. The van der Waals surface area contributed by atoms with Crippen LogP contribution in [-0.2, 0) is 22.7 Å². The van der Waals surface area contributed by atoms with Crippen molar-refractivity contribution in [3.05, 3.63) is 66.2 Å². The summed E-state index contributed by atoms with van der Waals surface area (Å²) in [6.07, 6.45) is 11.0. The van der Waals surface area contributed by atoms with Gasteiger partial charge < -0.3 is 9.64 Å². The molecule has 7 heteroatoms. The molecule has 1 aromatic carbocycles. The number of nitrogens with zero attached hydrogens (tertiary/aromatic N) is 5. The largest absolute Gasteiger partial charge is 0.369 e. The predicted octanol–water partition coefficient (Wildman–Crippen LogP) is 3.59. The summed E-state index contributed by atoms with van der Waals surface area (Å²) >= 11 is 0. The van der Waals surface area contributed by atoms with Crippen molar-refractivity contribution < 1.29 is 9.53 Å². The van der Waals surface area contributed by atoms with Gasteiger partial charge in [0.25, 0.3) is 0 Å². The molecule has 3 heterocycles. The highest BCUT2D eigenvalue weighted by molar-refractivity contribution is 5.80. The molecule has 1 saturated heterocycles. The van der Waals surface area contributed by atoms with Crippen LogP contribution in [-0.4, -0.2) is 62.4 Å². The van der Waals surface area contributed by atoms with E-state index in [0.717, 1.165) is 35.1 Å². The van der Waals surface area contributed by atoms with Crippen molar-refractivity contribution in [3.63, 3.8) is 0 Å². The summed E-state index contributed by atoms with van der Waals surface area (Å²) in [6, 6.07) is 12.3. The number of para-hydroxylation sites is 1. The van der Waals surface area contributed by atoms with Crippen molar-refractivity contribution >= 4 is 16.9 Å². The van der Waals surface area contributed by atoms with Crippen molar-refractivity contribution in [2.24, 2.45) is 0 Å². The van der Waals surface area contributed by atoms with Gasteiger partial charge in [0.1, 0.15) is 0 Å². The highest BCUT2D eigenvalue weighted by Gasteiger charge is 2.33. The van der Waals surface area contributed by atoms with Gasteiger partial charge in [0.15, 0.2) is 0 Å². The normalized spacial score (nSPS) is 20.8. The first-order valence-corrected chi connectivity index (χ1v) is 12.0. The molecular weight excluding hydrogens is 414 g/mol. The number of ether oxygens (including phenoxy) is 1. The summed E-state index contributed by atoms with van der Waals surface area (Å²) in [7, 11) is 0. The molecule has 5 rings (SSSR count). The minimum absolute atomic E-state index is 0.0681. The molecule has 33 heavy (non-hydrogen) atoms. The Morgan fingerprint density at radius 1 is 0.909 bits per heavy atom. The third-order valence-electron chi connectivity index (χ3n) is 6.73. The number of pyridine rings is 1. The number of carbonyl (C=O) groups excluding carboxylic acids is 1. The van der Waals surface area contributed by atoms with Gasteiger partial charge in [-0.3, -0.25) is 24.6 Å². The molecule has 7 nitrogen and oxygen atoms in total. The van der Waals surface area contributed by atoms with Gasteiger partial charge in [-0.25, -0.2) is 0 Å². The van der Waals surface area contributed by atoms with Crippen LogP contribution >= 0.6 is 0 Å². The number of benzene rings is 1. The average molecular weight is 446 g/mol. The Morgan fingerprint density at radius 3 is 2.64 bits per heavy atom. The molecule has 0 bridgehead atoms. The minimum Gasteiger partial charge on any atom is -0.369 e. The van der Waals surface area contributed by atoms with Crippen LogP contribution in [0.3, 0.4) is 0 Å². The lowest BCUT2D eigenvalue weighted by molar-refractivity contribution is -0.135. The van der Waals surface area contributed by atoms with Crippen LogP contribution in [0.4, 0.5) is 0 Å². The lowest BCUT2D eigenvalue weighted by Gasteiger charge is -2.35. The molecule has 1 aliphatic carbocycles. The second kappa shape index (κ2) is 10.4. The van der Waals surface area contributed by atoms with Gasteiger partial charge in [-0.1, -0.05) is 37.5 Å². The van der Waals surface area contributed by atoms with E-state index in [1.54, 1.807) is 18.6 Å². The zero-order chi connectivity index (χ0) is 22.5. The van der Waals surface area contributed by atoms with E-state index in [2.05, 4.69) is 30.8 Å². The highest BCUT2D eigenvalue weighted by atomic mass is 16.5. The monoisotopic (exact) mass is 445 g/mol. The van der Waals surface area contributed by atoms with Crippen molar-refractivity contribution in [1.29, 1.82) is 0 Å². The number of hydrogen-bond acceptors (Lipinski definition) is 6. The summed E-state index contributed by atoms with van der Waals surface area (Å²) in [5, 5.41) is 0. The van der Waals surface area contributed by atoms with Crippen LogP contribution in [0.2, 0.25) is 0 Å². The fraction of sp³-hybridized carbons (Fsp3) is 0.462. The van der Waals surface area contributed by atoms with Gasteiger partial charge in [-0.15, -0.1) is 0 Å². The average Bonchev–Trinajstić information content (AvgIpc) is 3.02. The molecule has 0 spiro atoms. The summed E-state index contributed by atoms with van der Waals surface area (Å²) < 4.78 is 6.35. The maximum atomic E-state index is 13.4. The van der Waals surface area contributed by atoms with E-state index in [-0.39, 0.29) is 12.0 Å². The first kappa shape index (κ1) is 21.9. The lowest BCUT2D eigenvalue weighted by Crippen LogP contribution is -2.45. The van der Waals surface area contributed by atoms with Crippen molar-refractivity contribution in [1.82, 2.24) is 24.8 Å². The molecule has 3 aromatic rings. The molecule has 2 aliphatic rings. The highest BCUT2D eigenvalue weighted by Crippen LogP contribution is 2.26. The van der Waals surface area contributed by atoms with Crippen molar-refractivity contribution in [3.8, 4) is 0 Å². The molecule has 1 saturated carbocycles. The Kier molecular flexibility index (Phi) is 6.88. The molecular formula is C26H31N5O2. The van der Waals surface area contributed by atoms with E-state index in [9.17, 15) is 4.79 Å². The number of fused-ring (bicyclic) bond motifs is 1. The first-order chi connectivity index (χ1) is 16.3. The van der Waals surface area contributed by atoms with Gasteiger partial charge in [-0.05, 0) is 36.6 Å². The topological polar surface area (TPSA) is 71.5 Å². The second-order valence-corrected chi connectivity index (χ2v) is 9.10. The quantitative estimate of drug-likeness (QED) is 0.578. The fourth-order valence-electron chi connectivity index (χ4n) is 5.09. The molecule has 172 valence electrons. The van der Waals surface area contributed by atoms with Crippen LogP contribution in [0.15, 0.2) is 55.0 Å². The second-order valence-electron chi connectivity index (χ2n) is 9.10. The van der Waals surface area contributed by atoms with Crippen LogP contribution in [0, 0.1) is 0 Å². The predicted molar refractivity (Wildman–Crippen MR) is 126 cm³/mol. The standard InChI is InChI=1S/C26H31N5O2/c32-25-18-30(15-20-7-6-11-24-26(20)29-14-13-28-24)16-23(33-19-21-8-4-5-12-27-21)17-31(25)22-9-2-1-3-10-22/h4-8,11-14,22-23H,1-3,9-10,15-19H2.